The third kappa shape index (κ3) is 7.30. The van der Waals surface area contributed by atoms with E-state index in [4.69, 9.17) is 4.42 Å². The minimum Gasteiger partial charge on any atom is -0.444 e. The number of halogens is 1. The second kappa shape index (κ2) is 12.9. The maximum Gasteiger partial charge on any atom is 0.208 e. The number of hydrogen-bond donors (Lipinski definition) is 2. The van der Waals surface area contributed by atoms with Gasteiger partial charge in [0.1, 0.15) is 5.76 Å². The number of aliphatic imine (C=N–C) groups is 1. The van der Waals surface area contributed by atoms with Crippen molar-refractivity contribution in [3.8, 4) is 5.69 Å². The van der Waals surface area contributed by atoms with Crippen LogP contribution >= 0.6 is 24.0 Å². The largest absolute Gasteiger partial charge is 0.444 e. The predicted octanol–water partition coefficient (Wildman–Crippen LogP) is 3.71. The highest BCUT2D eigenvalue weighted by atomic mass is 127. The molecule has 0 radical (unpaired) electrons. The van der Waals surface area contributed by atoms with Gasteiger partial charge in [-0.05, 0) is 75.9 Å². The minimum absolute atomic E-state index is 0. The first kappa shape index (κ1) is 26.2. The van der Waals surface area contributed by atoms with E-state index in [1.54, 1.807) is 6.20 Å². The highest BCUT2D eigenvalue weighted by molar-refractivity contribution is 14.0. The maximum absolute atomic E-state index is 5.74. The van der Waals surface area contributed by atoms with Crippen molar-refractivity contribution in [1.82, 2.24) is 30.3 Å². The minimum atomic E-state index is 0. The molecule has 0 atom stereocenters. The number of hydrogen-bond acceptors (Lipinski definition) is 5. The highest BCUT2D eigenvalue weighted by Crippen LogP contribution is 2.19. The van der Waals surface area contributed by atoms with Crippen molar-refractivity contribution in [2.24, 2.45) is 10.9 Å². The molecule has 34 heavy (non-hydrogen) atoms. The van der Waals surface area contributed by atoms with Gasteiger partial charge < -0.3 is 15.1 Å². The van der Waals surface area contributed by atoms with Crippen LogP contribution in [0.2, 0.25) is 0 Å². The average Bonchev–Trinajstić information content (AvgIpc) is 3.47. The third-order valence-electron chi connectivity index (χ3n) is 6.33. The van der Waals surface area contributed by atoms with Gasteiger partial charge in [0, 0.05) is 32.5 Å². The first-order valence-corrected chi connectivity index (χ1v) is 11.8. The summed E-state index contributed by atoms with van der Waals surface area (Å²) in [5, 5.41) is 11.2. The molecule has 8 nitrogen and oxygen atoms in total. The topological polar surface area (TPSA) is 83.5 Å². The molecule has 2 aromatic heterocycles. The lowest BCUT2D eigenvalue weighted by molar-refractivity contribution is 0.164. The first-order valence-electron chi connectivity index (χ1n) is 11.8. The molecule has 3 aromatic rings. The van der Waals surface area contributed by atoms with E-state index in [9.17, 15) is 0 Å². The van der Waals surface area contributed by atoms with Gasteiger partial charge in [0.2, 0.25) is 5.89 Å². The lowest BCUT2D eigenvalue weighted by atomic mass is 9.97. The van der Waals surface area contributed by atoms with Crippen molar-refractivity contribution < 1.29 is 4.42 Å². The van der Waals surface area contributed by atoms with Gasteiger partial charge in [-0.3, -0.25) is 9.89 Å². The number of benzene rings is 1. The number of guanidine groups is 1. The van der Waals surface area contributed by atoms with Crippen LogP contribution in [-0.4, -0.2) is 58.9 Å². The Morgan fingerprint density at radius 2 is 1.91 bits per heavy atom. The standard InChI is InChI=1S/C25H35N7O.HI/c1-19-20(2)33-24(30-19)18-31-15-10-22(11-16-31)17-28-25(26-3)27-13-9-21-5-7-23(8-6-21)32-14-4-12-29-32;/h4-8,12,14,22H,9-11,13,15-18H2,1-3H3,(H2,26,27,28);1H. The molecule has 0 amide bonds. The number of nitrogens with zero attached hydrogens (tertiary/aromatic N) is 5. The molecule has 4 rings (SSSR count). The van der Waals surface area contributed by atoms with Gasteiger partial charge in [0.05, 0.1) is 17.9 Å². The number of likely N-dealkylation sites (tertiary alicyclic amines) is 1. The number of nitrogens with one attached hydrogen (secondary N) is 2. The van der Waals surface area contributed by atoms with Gasteiger partial charge in [0.25, 0.3) is 0 Å². The van der Waals surface area contributed by atoms with E-state index in [2.05, 4.69) is 54.9 Å². The van der Waals surface area contributed by atoms with Crippen molar-refractivity contribution in [3.05, 3.63) is 65.6 Å². The molecule has 1 fully saturated rings. The Kier molecular flexibility index (Phi) is 9.94. The number of piperidine rings is 1. The van der Waals surface area contributed by atoms with Gasteiger partial charge >= 0.3 is 0 Å². The van der Waals surface area contributed by atoms with Crippen LogP contribution in [0.4, 0.5) is 0 Å². The fourth-order valence-corrected chi connectivity index (χ4v) is 4.17. The Labute approximate surface area is 219 Å². The van der Waals surface area contributed by atoms with E-state index < -0.39 is 0 Å². The summed E-state index contributed by atoms with van der Waals surface area (Å²) in [5.41, 5.74) is 3.36. The molecule has 2 N–H and O–H groups in total. The van der Waals surface area contributed by atoms with Gasteiger partial charge in [-0.1, -0.05) is 12.1 Å². The summed E-state index contributed by atoms with van der Waals surface area (Å²) in [4.78, 5) is 11.3. The van der Waals surface area contributed by atoms with E-state index in [-0.39, 0.29) is 24.0 Å². The fourth-order valence-electron chi connectivity index (χ4n) is 4.17. The summed E-state index contributed by atoms with van der Waals surface area (Å²) in [6, 6.07) is 10.4. The quantitative estimate of drug-likeness (QED) is 0.241. The Hall–Kier alpha value is -2.40. The first-order chi connectivity index (χ1) is 16.1. The van der Waals surface area contributed by atoms with Crippen molar-refractivity contribution in [2.75, 3.05) is 33.2 Å². The van der Waals surface area contributed by atoms with E-state index in [0.717, 1.165) is 68.1 Å². The van der Waals surface area contributed by atoms with Crippen LogP contribution in [0, 0.1) is 19.8 Å². The zero-order valence-corrected chi connectivity index (χ0v) is 22.7. The Morgan fingerprint density at radius 1 is 1.15 bits per heavy atom. The zero-order chi connectivity index (χ0) is 23.0. The second-order valence-corrected chi connectivity index (χ2v) is 8.72. The van der Waals surface area contributed by atoms with Crippen LogP contribution in [0.3, 0.4) is 0 Å². The normalized spacial score (nSPS) is 15.2. The smallest absolute Gasteiger partial charge is 0.208 e. The SMILES string of the molecule is CN=C(NCCc1ccc(-n2cccn2)cc1)NCC1CCN(Cc2nc(C)c(C)o2)CC1.I. The maximum atomic E-state index is 5.74. The summed E-state index contributed by atoms with van der Waals surface area (Å²) in [7, 11) is 1.83. The highest BCUT2D eigenvalue weighted by Gasteiger charge is 2.21. The Balaban J connectivity index is 0.00000324. The molecule has 1 aliphatic rings. The van der Waals surface area contributed by atoms with Gasteiger partial charge in [-0.25, -0.2) is 9.67 Å². The van der Waals surface area contributed by atoms with Crippen LogP contribution in [0.25, 0.3) is 5.69 Å². The monoisotopic (exact) mass is 577 g/mol. The molecule has 0 bridgehead atoms. The molecule has 0 saturated carbocycles. The molecular weight excluding hydrogens is 541 g/mol. The van der Waals surface area contributed by atoms with Crippen molar-refractivity contribution in [3.63, 3.8) is 0 Å². The third-order valence-corrected chi connectivity index (χ3v) is 6.33. The molecule has 0 aliphatic carbocycles. The number of aryl methyl sites for hydroxylation is 2. The van der Waals surface area contributed by atoms with Crippen LogP contribution in [0.15, 0.2) is 52.1 Å². The van der Waals surface area contributed by atoms with E-state index in [1.807, 2.05) is 37.8 Å². The van der Waals surface area contributed by atoms with Crippen LogP contribution in [0.5, 0.6) is 0 Å². The summed E-state index contributed by atoms with van der Waals surface area (Å²) < 4.78 is 7.61. The Morgan fingerprint density at radius 3 is 2.53 bits per heavy atom. The molecule has 1 aliphatic heterocycles. The predicted molar refractivity (Wildman–Crippen MR) is 146 cm³/mol. The van der Waals surface area contributed by atoms with Gasteiger partial charge in [0.15, 0.2) is 5.96 Å². The number of oxazole rings is 1. The van der Waals surface area contributed by atoms with Crippen LogP contribution < -0.4 is 10.6 Å². The number of rotatable bonds is 8. The fraction of sp³-hybridized carbons (Fsp3) is 0.480. The molecular formula is C25H36IN7O. The zero-order valence-electron chi connectivity index (χ0n) is 20.3. The van der Waals surface area contributed by atoms with Crippen LogP contribution in [-0.2, 0) is 13.0 Å². The van der Waals surface area contributed by atoms with Crippen LogP contribution in [0.1, 0.15) is 35.7 Å². The molecule has 0 unspecified atom stereocenters. The van der Waals surface area contributed by atoms with Gasteiger partial charge in [-0.15, -0.1) is 24.0 Å². The summed E-state index contributed by atoms with van der Waals surface area (Å²) in [6.45, 7) is 8.72. The molecule has 3 heterocycles. The average molecular weight is 578 g/mol. The van der Waals surface area contributed by atoms with E-state index >= 15 is 0 Å². The lowest BCUT2D eigenvalue weighted by Gasteiger charge is -2.31. The van der Waals surface area contributed by atoms with Crippen molar-refractivity contribution in [1.29, 1.82) is 0 Å². The van der Waals surface area contributed by atoms with Crippen molar-refractivity contribution in [2.45, 2.75) is 39.7 Å². The van der Waals surface area contributed by atoms with Crippen molar-refractivity contribution >= 4 is 29.9 Å². The van der Waals surface area contributed by atoms with Gasteiger partial charge in [-0.2, -0.15) is 5.10 Å². The molecule has 9 heteroatoms. The Bertz CT molecular complexity index is 1000. The summed E-state index contributed by atoms with van der Waals surface area (Å²) >= 11 is 0. The molecule has 184 valence electrons. The molecule has 0 spiro atoms. The van der Waals surface area contributed by atoms with E-state index in [1.165, 1.54) is 18.4 Å². The van der Waals surface area contributed by atoms with E-state index in [0.29, 0.717) is 5.92 Å². The molecule has 1 saturated heterocycles. The summed E-state index contributed by atoms with van der Waals surface area (Å²) in [6.07, 6.45) is 7.03. The summed E-state index contributed by atoms with van der Waals surface area (Å²) in [5.74, 6) is 3.29. The lowest BCUT2D eigenvalue weighted by Crippen LogP contribution is -2.43. The molecule has 1 aromatic carbocycles. The second-order valence-electron chi connectivity index (χ2n) is 8.72. The number of aromatic nitrogens is 3.